The Hall–Kier alpha value is -3.59. The molecule has 0 aromatic heterocycles. The van der Waals surface area contributed by atoms with Gasteiger partial charge in [0.2, 0.25) is 0 Å². The molecule has 0 saturated carbocycles. The number of ether oxygens (including phenoxy) is 4. The highest BCUT2D eigenvalue weighted by molar-refractivity contribution is 6.05. The zero-order valence-electron chi connectivity index (χ0n) is 21.9. The normalized spacial score (nSPS) is 19.8. The Balaban J connectivity index is 1.62. The summed E-state index contributed by atoms with van der Waals surface area (Å²) in [4.78, 5) is 28.0. The lowest BCUT2D eigenvalue weighted by molar-refractivity contribution is -0.150. The number of para-hydroxylation sites is 1. The molecule has 37 heavy (non-hydrogen) atoms. The number of methoxy groups -OCH3 is 3. The van der Waals surface area contributed by atoms with Gasteiger partial charge in [-0.1, -0.05) is 12.1 Å². The van der Waals surface area contributed by atoms with Gasteiger partial charge in [-0.25, -0.2) is 5.01 Å². The first-order valence-corrected chi connectivity index (χ1v) is 12.6. The molecule has 9 nitrogen and oxygen atoms in total. The van der Waals surface area contributed by atoms with Crippen LogP contribution in [0, 0.1) is 5.92 Å². The van der Waals surface area contributed by atoms with E-state index in [1.165, 1.54) is 0 Å². The Morgan fingerprint density at radius 3 is 2.54 bits per heavy atom. The lowest BCUT2D eigenvalue weighted by Gasteiger charge is -2.32. The van der Waals surface area contributed by atoms with Crippen molar-refractivity contribution >= 4 is 17.6 Å². The molecule has 9 heteroatoms. The summed E-state index contributed by atoms with van der Waals surface area (Å²) in [5.74, 6) is 1.43. The number of carbonyl (C=O) groups excluding carboxylic acids is 2. The van der Waals surface area contributed by atoms with Gasteiger partial charge in [-0.2, -0.15) is 5.10 Å². The van der Waals surface area contributed by atoms with Crippen LogP contribution < -0.4 is 14.2 Å². The third kappa shape index (κ3) is 5.88. The van der Waals surface area contributed by atoms with E-state index in [2.05, 4.69) is 0 Å². The topological polar surface area (TPSA) is 89.9 Å². The van der Waals surface area contributed by atoms with Crippen LogP contribution in [-0.4, -0.2) is 75.1 Å². The van der Waals surface area contributed by atoms with E-state index in [4.69, 9.17) is 24.0 Å². The van der Waals surface area contributed by atoms with Crippen molar-refractivity contribution in [2.45, 2.75) is 32.2 Å². The van der Waals surface area contributed by atoms with Gasteiger partial charge in [0.1, 0.15) is 17.2 Å². The molecule has 0 bridgehead atoms. The number of amides is 1. The van der Waals surface area contributed by atoms with E-state index < -0.39 is 0 Å². The number of benzene rings is 2. The maximum absolute atomic E-state index is 13.7. The smallest absolute Gasteiger partial charge is 0.310 e. The number of piperidine rings is 1. The van der Waals surface area contributed by atoms with E-state index in [1.54, 1.807) is 33.3 Å². The summed E-state index contributed by atoms with van der Waals surface area (Å²) in [5, 5.41) is 6.36. The molecule has 2 heterocycles. The maximum Gasteiger partial charge on any atom is 0.310 e. The summed E-state index contributed by atoms with van der Waals surface area (Å²) in [6.07, 6.45) is 2.11. The van der Waals surface area contributed by atoms with E-state index in [0.29, 0.717) is 36.8 Å². The van der Waals surface area contributed by atoms with Crippen LogP contribution in [0.2, 0.25) is 0 Å². The average Bonchev–Trinajstić information content (AvgIpc) is 3.38. The quantitative estimate of drug-likeness (QED) is 0.477. The third-order valence-electron chi connectivity index (χ3n) is 6.87. The van der Waals surface area contributed by atoms with Crippen LogP contribution in [0.1, 0.15) is 43.4 Å². The van der Waals surface area contributed by atoms with Crippen molar-refractivity contribution < 1.29 is 28.5 Å². The Kier molecular flexibility index (Phi) is 8.66. The first-order valence-electron chi connectivity index (χ1n) is 12.6. The van der Waals surface area contributed by atoms with Crippen LogP contribution in [0.3, 0.4) is 0 Å². The summed E-state index contributed by atoms with van der Waals surface area (Å²) in [7, 11) is 4.83. The summed E-state index contributed by atoms with van der Waals surface area (Å²) in [6.45, 7) is 3.56. The molecule has 1 fully saturated rings. The van der Waals surface area contributed by atoms with E-state index >= 15 is 0 Å². The molecule has 2 aliphatic heterocycles. The minimum absolute atomic E-state index is 0.141. The predicted molar refractivity (Wildman–Crippen MR) is 139 cm³/mol. The fourth-order valence-corrected chi connectivity index (χ4v) is 5.04. The molecule has 0 N–H and O–H groups in total. The molecule has 0 radical (unpaired) electrons. The molecule has 2 aromatic carbocycles. The van der Waals surface area contributed by atoms with Crippen molar-refractivity contribution in [1.82, 2.24) is 9.91 Å². The largest absolute Gasteiger partial charge is 0.497 e. The number of hydrogen-bond acceptors (Lipinski definition) is 8. The van der Waals surface area contributed by atoms with Crippen LogP contribution in [-0.2, 0) is 14.3 Å². The van der Waals surface area contributed by atoms with Crippen molar-refractivity contribution in [3.8, 4) is 17.2 Å². The number of nitrogens with zero attached hydrogens (tertiary/aromatic N) is 3. The number of rotatable bonds is 9. The van der Waals surface area contributed by atoms with Crippen LogP contribution in [0.25, 0.3) is 0 Å². The van der Waals surface area contributed by atoms with Crippen molar-refractivity contribution in [2.24, 2.45) is 11.0 Å². The number of hydrazone groups is 1. The molecule has 0 unspecified atom stereocenters. The monoisotopic (exact) mass is 509 g/mol. The molecular weight excluding hydrogens is 474 g/mol. The van der Waals surface area contributed by atoms with E-state index in [-0.39, 0.29) is 30.4 Å². The highest BCUT2D eigenvalue weighted by Gasteiger charge is 2.37. The highest BCUT2D eigenvalue weighted by Crippen LogP contribution is 2.40. The third-order valence-corrected chi connectivity index (χ3v) is 6.87. The van der Waals surface area contributed by atoms with E-state index in [1.807, 2.05) is 47.4 Å². The number of hydrogen-bond donors (Lipinski definition) is 0. The first-order chi connectivity index (χ1) is 18.0. The molecule has 2 aromatic rings. The maximum atomic E-state index is 13.7. The first kappa shape index (κ1) is 26.5. The number of esters is 1. The summed E-state index contributed by atoms with van der Waals surface area (Å²) >= 11 is 0. The standard InChI is InChI=1S/C28H35N3O6/c1-5-37-28(33)19-9-8-14-30(17-19)18-27(32)31-24(22-13-12-20(34-2)15-26(22)36-4)16-23(29-31)21-10-6-7-11-25(21)35-3/h6-7,10-13,15,19,24H,5,8-9,14,16-18H2,1-4H3/t19-,24+/m1/s1. The van der Waals surface area contributed by atoms with Crippen LogP contribution in [0.15, 0.2) is 47.6 Å². The Morgan fingerprint density at radius 1 is 1.03 bits per heavy atom. The molecule has 2 aliphatic rings. The molecule has 198 valence electrons. The molecule has 1 saturated heterocycles. The summed E-state index contributed by atoms with van der Waals surface area (Å²) in [6, 6.07) is 12.9. The van der Waals surface area contributed by atoms with Gasteiger partial charge in [0.15, 0.2) is 0 Å². The Bertz CT molecular complexity index is 1150. The SMILES string of the molecule is CCOC(=O)[C@@H]1CCCN(CC(=O)N2N=C(c3ccccc3OC)C[C@H]2c2ccc(OC)cc2OC)C1. The predicted octanol–water partition coefficient (Wildman–Crippen LogP) is 3.67. The fraction of sp³-hybridized carbons (Fsp3) is 0.464. The zero-order chi connectivity index (χ0) is 26.4. The second kappa shape index (κ2) is 12.1. The van der Waals surface area contributed by atoms with Gasteiger partial charge in [-0.3, -0.25) is 14.5 Å². The van der Waals surface area contributed by atoms with Crippen molar-refractivity contribution in [3.63, 3.8) is 0 Å². The van der Waals surface area contributed by atoms with Crippen LogP contribution in [0.4, 0.5) is 0 Å². The van der Waals surface area contributed by atoms with Crippen LogP contribution in [0.5, 0.6) is 17.2 Å². The second-order valence-electron chi connectivity index (χ2n) is 9.14. The summed E-state index contributed by atoms with van der Waals surface area (Å²) < 4.78 is 21.8. The molecule has 4 rings (SSSR count). The van der Waals surface area contributed by atoms with Gasteiger partial charge in [-0.15, -0.1) is 0 Å². The van der Waals surface area contributed by atoms with Gasteiger partial charge in [0, 0.05) is 30.2 Å². The van der Waals surface area contributed by atoms with Gasteiger partial charge in [0.05, 0.1) is 52.2 Å². The second-order valence-corrected chi connectivity index (χ2v) is 9.14. The number of carbonyl (C=O) groups is 2. The minimum atomic E-state index is -0.362. The van der Waals surface area contributed by atoms with Crippen molar-refractivity contribution in [2.75, 3.05) is 47.6 Å². The molecule has 0 aliphatic carbocycles. The average molecular weight is 510 g/mol. The van der Waals surface area contributed by atoms with E-state index in [9.17, 15) is 9.59 Å². The highest BCUT2D eigenvalue weighted by atomic mass is 16.5. The lowest BCUT2D eigenvalue weighted by atomic mass is 9.96. The van der Waals surface area contributed by atoms with Gasteiger partial charge in [0.25, 0.3) is 5.91 Å². The number of likely N-dealkylation sites (tertiary alicyclic amines) is 1. The fourth-order valence-electron chi connectivity index (χ4n) is 5.04. The molecule has 2 atom stereocenters. The molecular formula is C28H35N3O6. The zero-order valence-corrected chi connectivity index (χ0v) is 21.9. The minimum Gasteiger partial charge on any atom is -0.497 e. The van der Waals surface area contributed by atoms with Gasteiger partial charge in [-0.05, 0) is 50.6 Å². The Labute approximate surface area is 217 Å². The van der Waals surface area contributed by atoms with Crippen LogP contribution >= 0.6 is 0 Å². The Morgan fingerprint density at radius 2 is 1.81 bits per heavy atom. The van der Waals surface area contributed by atoms with E-state index in [0.717, 1.165) is 36.2 Å². The lowest BCUT2D eigenvalue weighted by Crippen LogP contribution is -2.44. The molecule has 1 amide bonds. The van der Waals surface area contributed by atoms with Crippen molar-refractivity contribution in [3.05, 3.63) is 53.6 Å². The molecule has 0 spiro atoms. The van der Waals surface area contributed by atoms with Gasteiger partial charge >= 0.3 is 5.97 Å². The van der Waals surface area contributed by atoms with Gasteiger partial charge < -0.3 is 18.9 Å². The van der Waals surface area contributed by atoms with Crippen molar-refractivity contribution in [1.29, 1.82) is 0 Å². The summed E-state index contributed by atoms with van der Waals surface area (Å²) in [5.41, 5.74) is 2.45.